The highest BCUT2D eigenvalue weighted by Crippen LogP contribution is 2.26. The second-order valence-electron chi connectivity index (χ2n) is 4.54. The third-order valence-electron chi connectivity index (χ3n) is 2.86. The zero-order chi connectivity index (χ0) is 14.9. The van der Waals surface area contributed by atoms with Gasteiger partial charge in [-0.2, -0.15) is 0 Å². The average Bonchev–Trinajstić information content (AvgIpc) is 2.36. The molecule has 4 nitrogen and oxygen atoms in total. The van der Waals surface area contributed by atoms with Gasteiger partial charge in [-0.15, -0.1) is 0 Å². The van der Waals surface area contributed by atoms with E-state index in [1.807, 2.05) is 6.92 Å². The van der Waals surface area contributed by atoms with E-state index in [9.17, 15) is 17.9 Å². The predicted octanol–water partition coefficient (Wildman–Crippen LogP) is 2.95. The topological polar surface area (TPSA) is 66.4 Å². The van der Waals surface area contributed by atoms with Crippen LogP contribution in [0, 0.1) is 19.7 Å². The molecule has 20 heavy (non-hydrogen) atoms. The Labute approximate surface area is 116 Å². The molecule has 2 aromatic rings. The molecule has 2 rings (SSSR count). The van der Waals surface area contributed by atoms with E-state index in [2.05, 4.69) is 4.72 Å². The maximum atomic E-state index is 13.7. The number of phenolic OH excluding ortho intramolecular Hbond substituents is 1. The number of phenols is 1. The molecule has 0 bridgehead atoms. The van der Waals surface area contributed by atoms with E-state index in [-0.39, 0.29) is 16.3 Å². The van der Waals surface area contributed by atoms with Crippen LogP contribution < -0.4 is 4.72 Å². The van der Waals surface area contributed by atoms with E-state index < -0.39 is 15.8 Å². The Balaban J connectivity index is 2.38. The van der Waals surface area contributed by atoms with Crippen LogP contribution in [0.25, 0.3) is 0 Å². The van der Waals surface area contributed by atoms with Crippen molar-refractivity contribution in [1.29, 1.82) is 0 Å². The largest absolute Gasteiger partial charge is 0.508 e. The SMILES string of the molecule is Cc1ccc(S(=O)(=O)Nc2cc(O)c(C)cc2F)cc1. The van der Waals surface area contributed by atoms with E-state index in [4.69, 9.17) is 0 Å². The lowest BCUT2D eigenvalue weighted by molar-refractivity contribution is 0.469. The molecule has 0 fully saturated rings. The van der Waals surface area contributed by atoms with Gasteiger partial charge < -0.3 is 5.11 Å². The summed E-state index contributed by atoms with van der Waals surface area (Å²) in [6, 6.07) is 8.29. The molecule has 0 aliphatic rings. The van der Waals surface area contributed by atoms with Crippen molar-refractivity contribution in [2.24, 2.45) is 0 Å². The summed E-state index contributed by atoms with van der Waals surface area (Å²) in [5.41, 5.74) is 0.970. The molecule has 2 N–H and O–H groups in total. The molecule has 0 aliphatic heterocycles. The number of benzene rings is 2. The van der Waals surface area contributed by atoms with E-state index >= 15 is 0 Å². The molecule has 0 unspecified atom stereocenters. The third-order valence-corrected chi connectivity index (χ3v) is 4.24. The molecule has 0 atom stereocenters. The van der Waals surface area contributed by atoms with Crippen molar-refractivity contribution in [2.45, 2.75) is 18.7 Å². The number of aromatic hydroxyl groups is 1. The average molecular weight is 295 g/mol. The van der Waals surface area contributed by atoms with Crippen LogP contribution in [-0.2, 0) is 10.0 Å². The van der Waals surface area contributed by atoms with Gasteiger partial charge in [-0.1, -0.05) is 17.7 Å². The second-order valence-corrected chi connectivity index (χ2v) is 6.22. The van der Waals surface area contributed by atoms with Crippen molar-refractivity contribution < 1.29 is 17.9 Å². The monoisotopic (exact) mass is 295 g/mol. The molecular weight excluding hydrogens is 281 g/mol. The molecule has 0 heterocycles. The number of aryl methyl sites for hydroxylation is 2. The third kappa shape index (κ3) is 2.91. The number of hydrogen-bond donors (Lipinski definition) is 2. The summed E-state index contributed by atoms with van der Waals surface area (Å²) < 4.78 is 40.0. The standard InChI is InChI=1S/C14H14FNO3S/c1-9-3-5-11(6-4-9)20(18,19)16-13-8-14(17)10(2)7-12(13)15/h3-8,16-17H,1-2H3. The van der Waals surface area contributed by atoms with Gasteiger partial charge in [0.25, 0.3) is 10.0 Å². The molecule has 0 spiro atoms. The Bertz CT molecular complexity index is 740. The second kappa shape index (κ2) is 5.13. The van der Waals surface area contributed by atoms with E-state index in [0.29, 0.717) is 5.56 Å². The molecule has 0 radical (unpaired) electrons. The minimum atomic E-state index is -3.88. The van der Waals surface area contributed by atoms with Crippen molar-refractivity contribution in [3.8, 4) is 5.75 Å². The summed E-state index contributed by atoms with van der Waals surface area (Å²) >= 11 is 0. The number of hydrogen-bond acceptors (Lipinski definition) is 3. The highest BCUT2D eigenvalue weighted by atomic mass is 32.2. The zero-order valence-electron chi connectivity index (χ0n) is 11.0. The van der Waals surface area contributed by atoms with E-state index in [1.165, 1.54) is 19.1 Å². The molecule has 2 aromatic carbocycles. The van der Waals surface area contributed by atoms with Gasteiger partial charge in [-0.25, -0.2) is 12.8 Å². The summed E-state index contributed by atoms with van der Waals surface area (Å²) in [5.74, 6) is -0.913. The minimum Gasteiger partial charge on any atom is -0.508 e. The van der Waals surface area contributed by atoms with Crippen LogP contribution in [0.2, 0.25) is 0 Å². The first kappa shape index (κ1) is 14.3. The summed E-state index contributed by atoms with van der Waals surface area (Å²) in [7, 11) is -3.88. The highest BCUT2D eigenvalue weighted by Gasteiger charge is 2.17. The van der Waals surface area contributed by atoms with E-state index in [1.54, 1.807) is 12.1 Å². The summed E-state index contributed by atoms with van der Waals surface area (Å²) in [6.45, 7) is 3.36. The number of rotatable bonds is 3. The quantitative estimate of drug-likeness (QED) is 0.915. The molecule has 6 heteroatoms. The number of halogens is 1. The van der Waals surface area contributed by atoms with E-state index in [0.717, 1.165) is 17.7 Å². The van der Waals surface area contributed by atoms with Crippen LogP contribution in [0.3, 0.4) is 0 Å². The Kier molecular flexibility index (Phi) is 3.67. The maximum Gasteiger partial charge on any atom is 0.261 e. The van der Waals surface area contributed by atoms with Crippen molar-refractivity contribution in [2.75, 3.05) is 4.72 Å². The fourth-order valence-electron chi connectivity index (χ4n) is 1.66. The molecule has 106 valence electrons. The van der Waals surface area contributed by atoms with Crippen LogP contribution in [0.5, 0.6) is 5.75 Å². The zero-order valence-corrected chi connectivity index (χ0v) is 11.8. The van der Waals surface area contributed by atoms with Gasteiger partial charge in [0.2, 0.25) is 0 Å². The lowest BCUT2D eigenvalue weighted by Crippen LogP contribution is -2.14. The summed E-state index contributed by atoms with van der Waals surface area (Å²) in [6.07, 6.45) is 0. The molecule has 0 saturated heterocycles. The normalized spacial score (nSPS) is 11.3. The molecule has 0 amide bonds. The highest BCUT2D eigenvalue weighted by molar-refractivity contribution is 7.92. The van der Waals surface area contributed by atoms with Crippen LogP contribution in [0.4, 0.5) is 10.1 Å². The van der Waals surface area contributed by atoms with Gasteiger partial charge in [0, 0.05) is 6.07 Å². The predicted molar refractivity (Wildman–Crippen MR) is 74.8 cm³/mol. The smallest absolute Gasteiger partial charge is 0.261 e. The molecule has 0 saturated carbocycles. The van der Waals surface area contributed by atoms with Gasteiger partial charge in [0.05, 0.1) is 10.6 Å². The summed E-state index contributed by atoms with van der Waals surface area (Å²) in [4.78, 5) is 0.0302. The Morgan fingerprint density at radius 3 is 2.30 bits per heavy atom. The Hall–Kier alpha value is -2.08. The van der Waals surface area contributed by atoms with Gasteiger partial charge in [0.1, 0.15) is 11.6 Å². The first-order chi connectivity index (χ1) is 9.29. The number of nitrogens with one attached hydrogen (secondary N) is 1. The van der Waals surface area contributed by atoms with Gasteiger partial charge in [0.15, 0.2) is 0 Å². The van der Waals surface area contributed by atoms with Crippen molar-refractivity contribution in [1.82, 2.24) is 0 Å². The minimum absolute atomic E-state index is 0.0302. The van der Waals surface area contributed by atoms with Crippen molar-refractivity contribution in [3.05, 3.63) is 53.3 Å². The fourth-order valence-corrected chi connectivity index (χ4v) is 2.72. The maximum absolute atomic E-state index is 13.7. The van der Waals surface area contributed by atoms with Gasteiger partial charge in [-0.05, 0) is 37.6 Å². The van der Waals surface area contributed by atoms with Crippen LogP contribution in [-0.4, -0.2) is 13.5 Å². The first-order valence-electron chi connectivity index (χ1n) is 5.88. The van der Waals surface area contributed by atoms with Crippen LogP contribution >= 0.6 is 0 Å². The number of sulfonamides is 1. The van der Waals surface area contributed by atoms with Crippen molar-refractivity contribution in [3.63, 3.8) is 0 Å². The van der Waals surface area contributed by atoms with Crippen molar-refractivity contribution >= 4 is 15.7 Å². The first-order valence-corrected chi connectivity index (χ1v) is 7.36. The molecular formula is C14H14FNO3S. The Morgan fingerprint density at radius 2 is 1.70 bits per heavy atom. The van der Waals surface area contributed by atoms with Gasteiger partial charge in [-0.3, -0.25) is 4.72 Å². The lowest BCUT2D eigenvalue weighted by atomic mass is 10.2. The fraction of sp³-hybridized carbons (Fsp3) is 0.143. The van der Waals surface area contributed by atoms with Crippen LogP contribution in [0.1, 0.15) is 11.1 Å². The Morgan fingerprint density at radius 1 is 1.10 bits per heavy atom. The summed E-state index contributed by atoms with van der Waals surface area (Å²) in [5, 5.41) is 9.53. The number of anilines is 1. The molecule has 0 aromatic heterocycles. The van der Waals surface area contributed by atoms with Crippen LogP contribution in [0.15, 0.2) is 41.3 Å². The molecule has 0 aliphatic carbocycles. The van der Waals surface area contributed by atoms with Gasteiger partial charge >= 0.3 is 0 Å². The lowest BCUT2D eigenvalue weighted by Gasteiger charge is -2.10.